The van der Waals surface area contributed by atoms with Crippen LogP contribution in [0, 0.1) is 6.92 Å². The highest BCUT2D eigenvalue weighted by Gasteiger charge is 2.34. The van der Waals surface area contributed by atoms with Crippen molar-refractivity contribution in [1.82, 2.24) is 9.55 Å². The Morgan fingerprint density at radius 3 is 2.68 bits per heavy atom. The van der Waals surface area contributed by atoms with Gasteiger partial charge in [-0.25, -0.2) is 4.98 Å². The number of unbranched alkanes of at least 4 members (excludes halogenated alkanes) is 1. The molecule has 0 radical (unpaired) electrons. The molecule has 0 N–H and O–H groups in total. The summed E-state index contributed by atoms with van der Waals surface area (Å²) in [4.78, 5) is 19.8. The number of carbonyl (C=O) groups is 1. The fraction of sp³-hybridized carbons (Fsp3) is 0.286. The maximum absolute atomic E-state index is 12.9. The molecule has 1 unspecified atom stereocenters. The van der Waals surface area contributed by atoms with Gasteiger partial charge in [0.25, 0.3) is 0 Å². The first-order valence-electron chi connectivity index (χ1n) is 11.8. The molecule has 1 fully saturated rings. The number of rotatable bonds is 8. The van der Waals surface area contributed by atoms with Crippen LogP contribution in [0.15, 0.2) is 72.8 Å². The average molecular weight is 474 g/mol. The summed E-state index contributed by atoms with van der Waals surface area (Å²) in [7, 11) is 0. The highest BCUT2D eigenvalue weighted by Crippen LogP contribution is 2.33. The first kappa shape index (κ1) is 22.5. The third-order valence-electron chi connectivity index (χ3n) is 6.35. The van der Waals surface area contributed by atoms with E-state index in [2.05, 4.69) is 29.7 Å². The number of hydrogen-bond donors (Lipinski definition) is 0. The molecule has 0 saturated carbocycles. The number of imidazole rings is 1. The zero-order valence-corrected chi connectivity index (χ0v) is 20.0. The highest BCUT2D eigenvalue weighted by atomic mass is 35.5. The van der Waals surface area contributed by atoms with E-state index in [4.69, 9.17) is 21.3 Å². The summed E-state index contributed by atoms with van der Waals surface area (Å²) in [6.07, 6.45) is 2.37. The number of amides is 1. The van der Waals surface area contributed by atoms with Gasteiger partial charge >= 0.3 is 0 Å². The van der Waals surface area contributed by atoms with E-state index in [0.717, 1.165) is 53.2 Å². The quantitative estimate of drug-likeness (QED) is 0.279. The number of anilines is 1. The number of para-hydroxylation sites is 2. The molecule has 174 valence electrons. The molecule has 34 heavy (non-hydrogen) atoms. The number of benzene rings is 3. The molecule has 4 aromatic rings. The maximum Gasteiger partial charge on any atom is 0.227 e. The van der Waals surface area contributed by atoms with E-state index < -0.39 is 0 Å². The minimum Gasteiger partial charge on any atom is -0.494 e. The van der Waals surface area contributed by atoms with Crippen molar-refractivity contribution in [2.75, 3.05) is 18.1 Å². The molecule has 5 rings (SSSR count). The molecule has 0 bridgehead atoms. The van der Waals surface area contributed by atoms with Crippen molar-refractivity contribution < 1.29 is 9.53 Å². The van der Waals surface area contributed by atoms with Crippen LogP contribution in [0.1, 0.15) is 36.6 Å². The Morgan fingerprint density at radius 2 is 1.85 bits per heavy atom. The van der Waals surface area contributed by atoms with Gasteiger partial charge in [0.1, 0.15) is 11.6 Å². The van der Waals surface area contributed by atoms with Crippen molar-refractivity contribution in [3.63, 3.8) is 0 Å². The lowest BCUT2D eigenvalue weighted by molar-refractivity contribution is -0.117. The summed E-state index contributed by atoms with van der Waals surface area (Å²) in [6, 6.07) is 23.8. The minimum absolute atomic E-state index is 0.0747. The molecule has 3 aromatic carbocycles. The van der Waals surface area contributed by atoms with Crippen LogP contribution in [-0.2, 0) is 11.3 Å². The number of carbonyl (C=O) groups excluding carboxylic acids is 1. The van der Waals surface area contributed by atoms with Gasteiger partial charge < -0.3 is 14.2 Å². The molecule has 1 amide bonds. The van der Waals surface area contributed by atoms with Crippen LogP contribution in [0.25, 0.3) is 11.0 Å². The van der Waals surface area contributed by atoms with Crippen LogP contribution in [0.2, 0.25) is 5.02 Å². The zero-order chi connectivity index (χ0) is 23.5. The number of fused-ring (bicyclic) bond motifs is 1. The van der Waals surface area contributed by atoms with E-state index in [1.165, 1.54) is 0 Å². The van der Waals surface area contributed by atoms with E-state index in [1.807, 2.05) is 59.5 Å². The number of aromatic nitrogens is 2. The Morgan fingerprint density at radius 1 is 1.03 bits per heavy atom. The number of aryl methyl sites for hydroxylation is 2. The first-order chi connectivity index (χ1) is 16.6. The average Bonchev–Trinajstić information content (AvgIpc) is 3.40. The van der Waals surface area contributed by atoms with Gasteiger partial charge in [-0.2, -0.15) is 0 Å². The second-order valence-electron chi connectivity index (χ2n) is 8.86. The molecule has 2 heterocycles. The van der Waals surface area contributed by atoms with E-state index in [-0.39, 0.29) is 11.8 Å². The summed E-state index contributed by atoms with van der Waals surface area (Å²) in [5, 5.41) is 0.707. The summed E-state index contributed by atoms with van der Waals surface area (Å²) in [5.74, 6) is 2.07. The van der Waals surface area contributed by atoms with Crippen LogP contribution in [0.4, 0.5) is 5.69 Å². The van der Waals surface area contributed by atoms with E-state index in [9.17, 15) is 4.79 Å². The van der Waals surface area contributed by atoms with Crippen LogP contribution in [-0.4, -0.2) is 28.6 Å². The molecule has 1 aliphatic heterocycles. The Labute approximate surface area is 204 Å². The van der Waals surface area contributed by atoms with Crippen LogP contribution < -0.4 is 9.64 Å². The van der Waals surface area contributed by atoms with Gasteiger partial charge in [0, 0.05) is 36.1 Å². The summed E-state index contributed by atoms with van der Waals surface area (Å²) >= 11 is 5.94. The molecule has 0 aliphatic carbocycles. The topological polar surface area (TPSA) is 47.4 Å². The van der Waals surface area contributed by atoms with Gasteiger partial charge in [-0.15, -0.1) is 0 Å². The van der Waals surface area contributed by atoms with Gasteiger partial charge in [0.15, 0.2) is 0 Å². The molecule has 0 spiro atoms. The Hall–Kier alpha value is -3.31. The maximum atomic E-state index is 12.9. The number of halogens is 1. The molecule has 1 saturated heterocycles. The number of hydrogen-bond acceptors (Lipinski definition) is 3. The van der Waals surface area contributed by atoms with E-state index in [0.29, 0.717) is 24.6 Å². The van der Waals surface area contributed by atoms with Crippen molar-refractivity contribution in [2.24, 2.45) is 0 Å². The fourth-order valence-corrected chi connectivity index (χ4v) is 4.79. The normalized spacial score (nSPS) is 15.9. The molecule has 1 aliphatic rings. The summed E-state index contributed by atoms with van der Waals surface area (Å²) < 4.78 is 8.15. The van der Waals surface area contributed by atoms with Crippen molar-refractivity contribution in [2.45, 2.75) is 38.6 Å². The van der Waals surface area contributed by atoms with Gasteiger partial charge in [0.05, 0.1) is 17.6 Å². The minimum atomic E-state index is 0.0747. The van der Waals surface area contributed by atoms with E-state index in [1.54, 1.807) is 0 Å². The SMILES string of the molecule is Cc1cccc(N2CC(c3nc4ccccc4n3CCCCOc3ccc(Cl)cc3)CC2=O)c1. The van der Waals surface area contributed by atoms with Gasteiger partial charge in [-0.3, -0.25) is 4.79 Å². The molecule has 1 aromatic heterocycles. The molecule has 1 atom stereocenters. The molecular formula is C28H28ClN3O2. The van der Waals surface area contributed by atoms with Crippen molar-refractivity contribution >= 4 is 34.2 Å². The monoisotopic (exact) mass is 473 g/mol. The second kappa shape index (κ2) is 9.90. The van der Waals surface area contributed by atoms with Gasteiger partial charge in [0.2, 0.25) is 5.91 Å². The first-order valence-corrected chi connectivity index (χ1v) is 12.2. The lowest BCUT2D eigenvalue weighted by Crippen LogP contribution is -2.24. The van der Waals surface area contributed by atoms with Crippen molar-refractivity contribution in [3.05, 3.63) is 89.2 Å². The molecule has 5 nitrogen and oxygen atoms in total. The largest absolute Gasteiger partial charge is 0.494 e. The van der Waals surface area contributed by atoms with Crippen LogP contribution in [0.3, 0.4) is 0 Å². The Kier molecular flexibility index (Phi) is 6.54. The Bertz CT molecular complexity index is 1300. The summed E-state index contributed by atoms with van der Waals surface area (Å²) in [5.41, 5.74) is 4.23. The standard InChI is InChI=1S/C28H28ClN3O2/c1-20-7-6-8-23(17-20)32-19-21(18-27(32)33)28-30-25-9-2-3-10-26(25)31(28)15-4-5-16-34-24-13-11-22(29)12-14-24/h2-3,6-14,17,21H,4-5,15-16,18-19H2,1H3. The predicted octanol–water partition coefficient (Wildman–Crippen LogP) is 6.38. The molecule has 6 heteroatoms. The lowest BCUT2D eigenvalue weighted by atomic mass is 10.1. The molecular weight excluding hydrogens is 446 g/mol. The predicted molar refractivity (Wildman–Crippen MR) is 137 cm³/mol. The zero-order valence-electron chi connectivity index (χ0n) is 19.3. The number of nitrogens with zero attached hydrogens (tertiary/aromatic N) is 3. The van der Waals surface area contributed by atoms with Crippen LogP contribution >= 0.6 is 11.6 Å². The second-order valence-corrected chi connectivity index (χ2v) is 9.30. The lowest BCUT2D eigenvalue weighted by Gasteiger charge is -2.18. The van der Waals surface area contributed by atoms with Crippen molar-refractivity contribution in [3.8, 4) is 5.75 Å². The number of ether oxygens (including phenoxy) is 1. The fourth-order valence-electron chi connectivity index (χ4n) is 4.66. The smallest absolute Gasteiger partial charge is 0.227 e. The van der Waals surface area contributed by atoms with Crippen LogP contribution in [0.5, 0.6) is 5.75 Å². The van der Waals surface area contributed by atoms with Gasteiger partial charge in [-0.1, -0.05) is 35.9 Å². The van der Waals surface area contributed by atoms with Crippen molar-refractivity contribution in [1.29, 1.82) is 0 Å². The highest BCUT2D eigenvalue weighted by molar-refractivity contribution is 6.30. The third-order valence-corrected chi connectivity index (χ3v) is 6.60. The Balaban J connectivity index is 1.29. The third kappa shape index (κ3) is 4.80. The summed E-state index contributed by atoms with van der Waals surface area (Å²) in [6.45, 7) is 4.20. The van der Waals surface area contributed by atoms with Gasteiger partial charge in [-0.05, 0) is 73.9 Å². The van der Waals surface area contributed by atoms with E-state index >= 15 is 0 Å².